The number of ether oxygens (including phenoxy) is 1. The van der Waals surface area contributed by atoms with E-state index in [1.54, 1.807) is 0 Å². The second-order valence-electron chi connectivity index (χ2n) is 5.05. The van der Waals surface area contributed by atoms with Gasteiger partial charge in [-0.2, -0.15) is 0 Å². The van der Waals surface area contributed by atoms with E-state index in [1.165, 1.54) is 18.4 Å². The van der Waals surface area contributed by atoms with Crippen molar-refractivity contribution in [1.29, 1.82) is 0 Å². The summed E-state index contributed by atoms with van der Waals surface area (Å²) in [5.74, 6) is 1.76. The topological polar surface area (TPSA) is 35.2 Å². The molecule has 2 nitrogen and oxygen atoms in total. The Balaban J connectivity index is 1.93. The zero-order valence-electron chi connectivity index (χ0n) is 10.9. The van der Waals surface area contributed by atoms with Crippen LogP contribution >= 0.6 is 0 Å². The predicted molar refractivity (Wildman–Crippen MR) is 71.2 cm³/mol. The summed E-state index contributed by atoms with van der Waals surface area (Å²) in [7, 11) is 0. The summed E-state index contributed by atoms with van der Waals surface area (Å²) in [6.07, 6.45) is 4.64. The van der Waals surface area contributed by atoms with E-state index < -0.39 is 0 Å². The molecule has 2 rings (SSSR count). The maximum atomic E-state index is 6.29. The molecule has 2 heteroatoms. The molecule has 17 heavy (non-hydrogen) atoms. The molecule has 1 aliphatic heterocycles. The highest BCUT2D eigenvalue weighted by molar-refractivity contribution is 5.37. The molecule has 2 unspecified atom stereocenters. The number of rotatable bonds is 5. The molecule has 0 saturated heterocycles. The van der Waals surface area contributed by atoms with Gasteiger partial charge in [-0.25, -0.2) is 0 Å². The molecule has 0 radical (unpaired) electrons. The van der Waals surface area contributed by atoms with Crippen LogP contribution in [0.1, 0.15) is 38.7 Å². The molecule has 0 spiro atoms. The molecular weight excluding hydrogens is 210 g/mol. The van der Waals surface area contributed by atoms with Crippen molar-refractivity contribution in [3.05, 3.63) is 29.8 Å². The minimum atomic E-state index is 0.160. The van der Waals surface area contributed by atoms with Gasteiger partial charge < -0.3 is 10.5 Å². The van der Waals surface area contributed by atoms with Crippen LogP contribution in [-0.4, -0.2) is 12.1 Å². The largest absolute Gasteiger partial charge is 0.488 e. The van der Waals surface area contributed by atoms with Gasteiger partial charge in [0, 0.05) is 12.5 Å². The minimum absolute atomic E-state index is 0.160. The fourth-order valence-corrected chi connectivity index (χ4v) is 2.61. The van der Waals surface area contributed by atoms with Gasteiger partial charge in [-0.05, 0) is 24.0 Å². The van der Waals surface area contributed by atoms with E-state index in [2.05, 4.69) is 26.0 Å². The number of para-hydroxylation sites is 1. The Hall–Kier alpha value is -1.02. The number of hydrogen-bond donors (Lipinski definition) is 1. The maximum absolute atomic E-state index is 6.29. The molecule has 0 amide bonds. The quantitative estimate of drug-likeness (QED) is 0.848. The molecule has 0 aliphatic carbocycles. The third-order valence-corrected chi connectivity index (χ3v) is 3.91. The molecule has 0 aromatic heterocycles. The Morgan fingerprint density at radius 1 is 1.29 bits per heavy atom. The molecular formula is C15H23NO. The van der Waals surface area contributed by atoms with Crippen LogP contribution in [0.2, 0.25) is 0 Å². The van der Waals surface area contributed by atoms with E-state index in [9.17, 15) is 0 Å². The van der Waals surface area contributed by atoms with Crippen LogP contribution < -0.4 is 10.5 Å². The van der Waals surface area contributed by atoms with Gasteiger partial charge in [-0.1, -0.05) is 44.9 Å². The Morgan fingerprint density at radius 3 is 2.65 bits per heavy atom. The summed E-state index contributed by atoms with van der Waals surface area (Å²) in [5.41, 5.74) is 7.59. The fourth-order valence-electron chi connectivity index (χ4n) is 2.61. The molecule has 94 valence electrons. The molecule has 1 aromatic carbocycles. The summed E-state index contributed by atoms with van der Waals surface area (Å²) >= 11 is 0. The first-order valence-electron chi connectivity index (χ1n) is 6.74. The fraction of sp³-hybridized carbons (Fsp3) is 0.600. The molecule has 0 saturated carbocycles. The Bertz CT molecular complexity index is 335. The number of hydrogen-bond acceptors (Lipinski definition) is 2. The van der Waals surface area contributed by atoms with E-state index in [1.807, 2.05) is 12.1 Å². The van der Waals surface area contributed by atoms with Crippen molar-refractivity contribution >= 4 is 0 Å². The van der Waals surface area contributed by atoms with Crippen molar-refractivity contribution in [2.24, 2.45) is 11.7 Å². The van der Waals surface area contributed by atoms with E-state index in [-0.39, 0.29) is 12.1 Å². The first-order chi connectivity index (χ1) is 8.24. The second kappa shape index (κ2) is 5.54. The zero-order chi connectivity index (χ0) is 12.3. The summed E-state index contributed by atoms with van der Waals surface area (Å²) in [5, 5.41) is 0. The lowest BCUT2D eigenvalue weighted by Gasteiger charge is -2.23. The highest BCUT2D eigenvalue weighted by atomic mass is 16.5. The normalized spacial score (nSPS) is 20.1. The van der Waals surface area contributed by atoms with Gasteiger partial charge in [0.1, 0.15) is 11.9 Å². The van der Waals surface area contributed by atoms with E-state index in [0.29, 0.717) is 0 Å². The first kappa shape index (κ1) is 12.4. The minimum Gasteiger partial charge on any atom is -0.488 e. The summed E-state index contributed by atoms with van der Waals surface area (Å²) in [6.45, 7) is 4.48. The van der Waals surface area contributed by atoms with Crippen LogP contribution in [0.4, 0.5) is 0 Å². The van der Waals surface area contributed by atoms with Crippen LogP contribution in [-0.2, 0) is 6.42 Å². The molecule has 1 aromatic rings. The number of nitrogens with two attached hydrogens (primary N) is 1. The lowest BCUT2D eigenvalue weighted by Crippen LogP contribution is -2.39. The molecule has 2 atom stereocenters. The SMILES string of the molecule is CCC(CC)CC(N)C1Cc2ccccc2O1. The Labute approximate surface area is 104 Å². The number of benzene rings is 1. The lowest BCUT2D eigenvalue weighted by molar-refractivity contribution is 0.180. The van der Waals surface area contributed by atoms with E-state index >= 15 is 0 Å². The lowest BCUT2D eigenvalue weighted by atomic mass is 9.91. The Kier molecular flexibility index (Phi) is 4.06. The van der Waals surface area contributed by atoms with Gasteiger partial charge in [0.25, 0.3) is 0 Å². The van der Waals surface area contributed by atoms with Crippen molar-refractivity contribution in [2.75, 3.05) is 0 Å². The third kappa shape index (κ3) is 2.81. The van der Waals surface area contributed by atoms with Crippen molar-refractivity contribution in [3.8, 4) is 5.75 Å². The summed E-state index contributed by atoms with van der Waals surface area (Å²) in [6, 6.07) is 8.43. The van der Waals surface area contributed by atoms with Crippen LogP contribution in [0, 0.1) is 5.92 Å². The number of fused-ring (bicyclic) bond motifs is 1. The predicted octanol–water partition coefficient (Wildman–Crippen LogP) is 3.14. The van der Waals surface area contributed by atoms with Crippen molar-refractivity contribution < 1.29 is 4.74 Å². The first-order valence-corrected chi connectivity index (χ1v) is 6.74. The summed E-state index contributed by atoms with van der Waals surface area (Å²) in [4.78, 5) is 0. The smallest absolute Gasteiger partial charge is 0.123 e. The Morgan fingerprint density at radius 2 is 2.00 bits per heavy atom. The van der Waals surface area contributed by atoms with Gasteiger partial charge in [0.05, 0.1) is 0 Å². The second-order valence-corrected chi connectivity index (χ2v) is 5.05. The van der Waals surface area contributed by atoms with Gasteiger partial charge >= 0.3 is 0 Å². The summed E-state index contributed by atoms with van der Waals surface area (Å²) < 4.78 is 5.93. The zero-order valence-corrected chi connectivity index (χ0v) is 10.9. The average molecular weight is 233 g/mol. The third-order valence-electron chi connectivity index (χ3n) is 3.91. The van der Waals surface area contributed by atoms with Crippen LogP contribution in [0.5, 0.6) is 5.75 Å². The van der Waals surface area contributed by atoms with E-state index in [4.69, 9.17) is 10.5 Å². The molecule has 1 heterocycles. The van der Waals surface area contributed by atoms with Gasteiger partial charge in [-0.15, -0.1) is 0 Å². The maximum Gasteiger partial charge on any atom is 0.123 e. The molecule has 0 bridgehead atoms. The molecule has 0 fully saturated rings. The van der Waals surface area contributed by atoms with Gasteiger partial charge in [-0.3, -0.25) is 0 Å². The highest BCUT2D eigenvalue weighted by Gasteiger charge is 2.28. The van der Waals surface area contributed by atoms with Gasteiger partial charge in [0.2, 0.25) is 0 Å². The van der Waals surface area contributed by atoms with Gasteiger partial charge in [0.15, 0.2) is 0 Å². The van der Waals surface area contributed by atoms with Crippen LogP contribution in [0.25, 0.3) is 0 Å². The van der Waals surface area contributed by atoms with E-state index in [0.717, 1.165) is 24.5 Å². The average Bonchev–Trinajstić information content (AvgIpc) is 2.79. The molecule has 1 aliphatic rings. The standard InChI is InChI=1S/C15H23NO/c1-3-11(4-2)9-13(16)15-10-12-7-5-6-8-14(12)17-15/h5-8,11,13,15H,3-4,9-10,16H2,1-2H3. The van der Waals surface area contributed by atoms with Crippen LogP contribution in [0.15, 0.2) is 24.3 Å². The monoisotopic (exact) mass is 233 g/mol. The highest BCUT2D eigenvalue weighted by Crippen LogP contribution is 2.30. The van der Waals surface area contributed by atoms with Crippen LogP contribution in [0.3, 0.4) is 0 Å². The van der Waals surface area contributed by atoms with Crippen molar-refractivity contribution in [3.63, 3.8) is 0 Å². The van der Waals surface area contributed by atoms with Crippen molar-refractivity contribution in [2.45, 2.75) is 51.7 Å². The van der Waals surface area contributed by atoms with Crippen molar-refractivity contribution in [1.82, 2.24) is 0 Å². The molecule has 2 N–H and O–H groups in total.